The van der Waals surface area contributed by atoms with Crippen LogP contribution in [0.4, 0.5) is 18.9 Å². The van der Waals surface area contributed by atoms with Crippen molar-refractivity contribution >= 4 is 22.5 Å². The Bertz CT molecular complexity index is 1250. The lowest BCUT2D eigenvalue weighted by Crippen LogP contribution is -2.07. The van der Waals surface area contributed by atoms with Crippen LogP contribution in [-0.4, -0.2) is 20.0 Å². The molecule has 0 unspecified atom stereocenters. The van der Waals surface area contributed by atoms with E-state index in [0.717, 1.165) is 28.6 Å². The van der Waals surface area contributed by atoms with Gasteiger partial charge < -0.3 is 14.5 Å². The summed E-state index contributed by atoms with van der Waals surface area (Å²) in [4.78, 5) is 16.1. The number of benzene rings is 2. The summed E-state index contributed by atoms with van der Waals surface area (Å²) in [5.74, 6) is -0.337. The van der Waals surface area contributed by atoms with E-state index in [1.54, 1.807) is 33.7 Å². The molecule has 0 atom stereocenters. The molecule has 4 rings (SSSR count). The number of fused-ring (bicyclic) bond motifs is 1. The Morgan fingerprint density at radius 3 is 2.47 bits per heavy atom. The van der Waals surface area contributed by atoms with Crippen molar-refractivity contribution in [3.8, 4) is 16.9 Å². The first-order valence-electron chi connectivity index (χ1n) is 9.01. The highest BCUT2D eigenvalue weighted by atomic mass is 19.4. The average Bonchev–Trinajstić information content (AvgIpc) is 3.30. The zero-order valence-electron chi connectivity index (χ0n) is 15.9. The van der Waals surface area contributed by atoms with Gasteiger partial charge in [0, 0.05) is 41.8 Å². The molecule has 0 aliphatic rings. The first-order valence-corrected chi connectivity index (χ1v) is 9.01. The predicted molar refractivity (Wildman–Crippen MR) is 109 cm³/mol. The molecule has 8 heteroatoms. The summed E-state index contributed by atoms with van der Waals surface area (Å²) in [7, 11) is 1.85. The van der Waals surface area contributed by atoms with Crippen LogP contribution in [0.5, 0.6) is 0 Å². The first-order chi connectivity index (χ1) is 14.3. The maximum atomic E-state index is 12.9. The van der Waals surface area contributed by atoms with Gasteiger partial charge in [-0.2, -0.15) is 13.2 Å². The highest BCUT2D eigenvalue weighted by Crippen LogP contribution is 2.35. The van der Waals surface area contributed by atoms with Crippen LogP contribution >= 0.6 is 0 Å². The minimum Gasteiger partial charge on any atom is -0.340 e. The Kier molecular flexibility index (Phi) is 4.69. The van der Waals surface area contributed by atoms with E-state index >= 15 is 0 Å². The molecule has 5 nitrogen and oxygen atoms in total. The van der Waals surface area contributed by atoms with Crippen molar-refractivity contribution in [1.82, 2.24) is 14.1 Å². The first kappa shape index (κ1) is 19.5. The number of hydrogen-bond donors (Lipinski definition) is 1. The van der Waals surface area contributed by atoms with Crippen LogP contribution in [0.15, 0.2) is 73.8 Å². The zero-order valence-corrected chi connectivity index (χ0v) is 15.9. The number of carbonyl (C=O) groups excluding carboxylic acids is 1. The number of amides is 1. The molecule has 30 heavy (non-hydrogen) atoms. The van der Waals surface area contributed by atoms with Gasteiger partial charge >= 0.3 is 6.18 Å². The molecule has 4 aromatic rings. The molecule has 0 bridgehead atoms. The summed E-state index contributed by atoms with van der Waals surface area (Å²) in [6.45, 7) is 3.45. The zero-order chi connectivity index (χ0) is 21.5. The summed E-state index contributed by atoms with van der Waals surface area (Å²) in [5, 5.41) is 3.53. The average molecular weight is 410 g/mol. The van der Waals surface area contributed by atoms with Crippen LogP contribution in [0.25, 0.3) is 27.8 Å². The van der Waals surface area contributed by atoms with Crippen LogP contribution in [0, 0.1) is 0 Å². The van der Waals surface area contributed by atoms with Crippen molar-refractivity contribution < 1.29 is 18.0 Å². The minimum atomic E-state index is -4.39. The molecule has 1 amide bonds. The van der Waals surface area contributed by atoms with Crippen LogP contribution < -0.4 is 5.32 Å². The lowest BCUT2D eigenvalue weighted by atomic mass is 10.1. The maximum absolute atomic E-state index is 12.9. The Morgan fingerprint density at radius 2 is 1.87 bits per heavy atom. The van der Waals surface area contributed by atoms with Crippen molar-refractivity contribution in [1.29, 1.82) is 0 Å². The van der Waals surface area contributed by atoms with Gasteiger partial charge in [-0.1, -0.05) is 6.58 Å². The summed E-state index contributed by atoms with van der Waals surface area (Å²) in [5.41, 5.74) is 2.72. The number of carbonyl (C=O) groups is 1. The van der Waals surface area contributed by atoms with Crippen molar-refractivity contribution in [3.63, 3.8) is 0 Å². The second-order valence-electron chi connectivity index (χ2n) is 6.81. The van der Waals surface area contributed by atoms with Crippen LogP contribution in [0.2, 0.25) is 0 Å². The molecule has 2 aromatic heterocycles. The summed E-state index contributed by atoms with van der Waals surface area (Å²) in [6, 6.07) is 10.3. The number of nitrogens with one attached hydrogen (secondary N) is 1. The van der Waals surface area contributed by atoms with Gasteiger partial charge in [0.05, 0.1) is 23.1 Å². The summed E-state index contributed by atoms with van der Waals surface area (Å²) < 4.78 is 42.4. The Labute approximate surface area is 170 Å². The van der Waals surface area contributed by atoms with Gasteiger partial charge in [-0.15, -0.1) is 0 Å². The van der Waals surface area contributed by atoms with Gasteiger partial charge in [-0.3, -0.25) is 4.79 Å². The van der Waals surface area contributed by atoms with Crippen LogP contribution in [0.3, 0.4) is 0 Å². The fourth-order valence-corrected chi connectivity index (χ4v) is 3.28. The van der Waals surface area contributed by atoms with Crippen molar-refractivity contribution in [2.45, 2.75) is 6.18 Å². The number of halogens is 3. The predicted octanol–water partition coefficient (Wildman–Crippen LogP) is 5.17. The molecule has 0 aliphatic heterocycles. The van der Waals surface area contributed by atoms with E-state index in [-0.39, 0.29) is 5.91 Å². The van der Waals surface area contributed by atoms with E-state index in [2.05, 4.69) is 16.9 Å². The molecule has 2 aromatic carbocycles. The molecule has 0 saturated carbocycles. The van der Waals surface area contributed by atoms with Crippen molar-refractivity contribution in [3.05, 3.63) is 79.4 Å². The Morgan fingerprint density at radius 1 is 1.13 bits per heavy atom. The van der Waals surface area contributed by atoms with E-state index < -0.39 is 11.7 Å². The monoisotopic (exact) mass is 410 g/mol. The van der Waals surface area contributed by atoms with Crippen molar-refractivity contribution in [2.75, 3.05) is 5.32 Å². The number of anilines is 1. The third-order valence-electron chi connectivity index (χ3n) is 4.71. The van der Waals surface area contributed by atoms with E-state index in [1.807, 2.05) is 19.4 Å². The smallest absolute Gasteiger partial charge is 0.340 e. The second-order valence-corrected chi connectivity index (χ2v) is 6.81. The van der Waals surface area contributed by atoms with Gasteiger partial charge in [0.1, 0.15) is 0 Å². The number of aromatic nitrogens is 3. The van der Waals surface area contributed by atoms with E-state index in [4.69, 9.17) is 0 Å². The largest absolute Gasteiger partial charge is 0.416 e. The number of hydrogen-bond acceptors (Lipinski definition) is 2. The van der Waals surface area contributed by atoms with Gasteiger partial charge in [0.15, 0.2) is 0 Å². The van der Waals surface area contributed by atoms with Gasteiger partial charge in [-0.05, 0) is 48.5 Å². The lowest BCUT2D eigenvalue weighted by Gasteiger charge is -2.10. The standard InChI is InChI=1S/C22H17F3N4O/c1-3-21(30)27-15-6-9-20-17(10-15)18(19-12-28(2)13-26-19)11-29(20)16-7-4-14(5-8-16)22(23,24)25/h3-13H,1H2,2H3,(H,27,30). The molecule has 2 heterocycles. The number of imidazole rings is 1. The third kappa shape index (κ3) is 3.59. The molecular formula is C22H17F3N4O. The Hall–Kier alpha value is -3.81. The second kappa shape index (κ2) is 7.22. The quantitative estimate of drug-likeness (QED) is 0.472. The normalized spacial score (nSPS) is 11.6. The highest BCUT2D eigenvalue weighted by molar-refractivity contribution is 6.03. The number of aryl methyl sites for hydroxylation is 1. The molecule has 152 valence electrons. The van der Waals surface area contributed by atoms with Gasteiger partial charge in [0.25, 0.3) is 0 Å². The molecule has 0 fully saturated rings. The summed E-state index contributed by atoms with van der Waals surface area (Å²) in [6.07, 6.45) is 2.13. The van der Waals surface area contributed by atoms with E-state index in [1.165, 1.54) is 18.2 Å². The van der Waals surface area contributed by atoms with Gasteiger partial charge in [0.2, 0.25) is 5.91 Å². The molecule has 0 saturated heterocycles. The SMILES string of the molecule is C=CC(=O)Nc1ccc2c(c1)c(-c1cn(C)cn1)cn2-c1ccc(C(F)(F)F)cc1. The molecule has 0 spiro atoms. The van der Waals surface area contributed by atoms with Gasteiger partial charge in [-0.25, -0.2) is 4.98 Å². The fourth-order valence-electron chi connectivity index (χ4n) is 3.28. The van der Waals surface area contributed by atoms with E-state index in [9.17, 15) is 18.0 Å². The molecule has 0 aliphatic carbocycles. The Balaban J connectivity index is 1.88. The minimum absolute atomic E-state index is 0.337. The number of nitrogens with zero attached hydrogens (tertiary/aromatic N) is 3. The maximum Gasteiger partial charge on any atom is 0.416 e. The number of alkyl halides is 3. The van der Waals surface area contributed by atoms with E-state index in [0.29, 0.717) is 17.1 Å². The van der Waals surface area contributed by atoms with Crippen molar-refractivity contribution in [2.24, 2.45) is 7.05 Å². The lowest BCUT2D eigenvalue weighted by molar-refractivity contribution is -0.137. The highest BCUT2D eigenvalue weighted by Gasteiger charge is 2.30. The topological polar surface area (TPSA) is 51.9 Å². The number of rotatable bonds is 4. The molecule has 1 N–H and O–H groups in total. The fraction of sp³-hybridized carbons (Fsp3) is 0.0909. The summed E-state index contributed by atoms with van der Waals surface area (Å²) >= 11 is 0. The van der Waals surface area contributed by atoms with Crippen LogP contribution in [0.1, 0.15) is 5.56 Å². The molecular weight excluding hydrogens is 393 g/mol. The third-order valence-corrected chi connectivity index (χ3v) is 4.71. The molecule has 0 radical (unpaired) electrons. The van der Waals surface area contributed by atoms with Crippen LogP contribution in [-0.2, 0) is 18.0 Å².